The summed E-state index contributed by atoms with van der Waals surface area (Å²) in [5.74, 6) is 1.64. The van der Waals surface area contributed by atoms with E-state index in [0.717, 1.165) is 0 Å². The molecule has 2 aromatic rings. The van der Waals surface area contributed by atoms with E-state index < -0.39 is 27.7 Å². The fourth-order valence-corrected chi connectivity index (χ4v) is 7.02. The largest absolute Gasteiger partial charge is 0.493 e. The Bertz CT molecular complexity index is 1260. The zero-order valence-electron chi connectivity index (χ0n) is 21.3. The summed E-state index contributed by atoms with van der Waals surface area (Å²) in [6.07, 6.45) is 2.44. The number of carbonyl (C=O) groups is 1. The van der Waals surface area contributed by atoms with Gasteiger partial charge >= 0.3 is 5.63 Å². The Morgan fingerprint density at radius 2 is 1.69 bits per heavy atom. The first-order valence-electron chi connectivity index (χ1n) is 12.2. The zero-order chi connectivity index (χ0) is 25.4. The highest BCUT2D eigenvalue weighted by Crippen LogP contribution is 2.65. The first-order chi connectivity index (χ1) is 16.4. The predicted molar refractivity (Wildman–Crippen MR) is 130 cm³/mol. The molecule has 0 radical (unpaired) electrons. The third kappa shape index (κ3) is 3.13. The van der Waals surface area contributed by atoms with Crippen LogP contribution in [0.3, 0.4) is 0 Å². The standard InChI is InChI=1S/C28H34O7/c1-25(2)10-9-23(29)27(4)22-14-17-20(35-26(22,3)11-12-28(25,27)31)15-19(34-24(17)30)16-7-8-18(32-5)21(13-16)33-6/h7-8,13,15,22,31H,9-12,14H2,1-6H3/t22?,26-,27+,28-/m1/s1. The van der Waals surface area contributed by atoms with E-state index in [4.69, 9.17) is 18.6 Å². The van der Waals surface area contributed by atoms with Gasteiger partial charge in [-0.15, -0.1) is 0 Å². The number of aliphatic hydroxyl groups is 1. The zero-order valence-corrected chi connectivity index (χ0v) is 21.3. The summed E-state index contributed by atoms with van der Waals surface area (Å²) in [5.41, 5.74) is -2.71. The van der Waals surface area contributed by atoms with Gasteiger partial charge in [-0.2, -0.15) is 0 Å². The predicted octanol–water partition coefficient (Wildman–Crippen LogP) is 4.55. The highest BCUT2D eigenvalue weighted by molar-refractivity contribution is 5.88. The van der Waals surface area contributed by atoms with Gasteiger partial charge in [0.2, 0.25) is 0 Å². The van der Waals surface area contributed by atoms with Gasteiger partial charge in [0.1, 0.15) is 22.9 Å². The van der Waals surface area contributed by atoms with Crippen molar-refractivity contribution >= 4 is 5.78 Å². The fourth-order valence-electron chi connectivity index (χ4n) is 7.02. The summed E-state index contributed by atoms with van der Waals surface area (Å²) >= 11 is 0. The van der Waals surface area contributed by atoms with Crippen LogP contribution in [-0.4, -0.2) is 36.3 Å². The molecule has 1 aromatic carbocycles. The van der Waals surface area contributed by atoms with Crippen LogP contribution < -0.4 is 19.8 Å². The average Bonchev–Trinajstić information content (AvgIpc) is 2.82. The number of carbonyl (C=O) groups excluding carboxylic acids is 1. The molecule has 0 spiro atoms. The van der Waals surface area contributed by atoms with Crippen molar-refractivity contribution in [1.29, 1.82) is 0 Å². The van der Waals surface area contributed by atoms with Gasteiger partial charge in [0.05, 0.1) is 30.8 Å². The normalized spacial score (nSPS) is 33.1. The van der Waals surface area contributed by atoms with Crippen LogP contribution in [0.2, 0.25) is 0 Å². The van der Waals surface area contributed by atoms with Gasteiger partial charge in [-0.05, 0) is 63.1 Å². The highest BCUT2D eigenvalue weighted by atomic mass is 16.5. The topological polar surface area (TPSA) is 95.2 Å². The molecular formula is C28H34O7. The Balaban J connectivity index is 1.60. The van der Waals surface area contributed by atoms with Gasteiger partial charge in [-0.3, -0.25) is 4.79 Å². The lowest BCUT2D eigenvalue weighted by molar-refractivity contribution is -0.250. The summed E-state index contributed by atoms with van der Waals surface area (Å²) in [4.78, 5) is 26.7. The molecule has 0 bridgehead atoms. The van der Waals surface area contributed by atoms with Crippen molar-refractivity contribution in [3.05, 3.63) is 40.2 Å². The van der Waals surface area contributed by atoms with Crippen molar-refractivity contribution < 1.29 is 28.5 Å². The number of benzene rings is 1. The lowest BCUT2D eigenvalue weighted by Gasteiger charge is -2.66. The SMILES string of the molecule is COc1ccc(-c2cc3c(c(=O)o2)CC2[C@@](C)(CC[C@@]4(O)C(C)(C)CCC(=O)[C@]24C)O3)cc1OC. The summed E-state index contributed by atoms with van der Waals surface area (Å²) in [7, 11) is 3.11. The number of methoxy groups -OCH3 is 2. The van der Waals surface area contributed by atoms with Crippen LogP contribution in [0.4, 0.5) is 0 Å². The monoisotopic (exact) mass is 482 g/mol. The van der Waals surface area contributed by atoms with E-state index in [1.807, 2.05) is 27.7 Å². The fraction of sp³-hybridized carbons (Fsp3) is 0.571. The number of ether oxygens (including phenoxy) is 3. The second kappa shape index (κ2) is 7.60. The first kappa shape index (κ1) is 23.9. The Morgan fingerprint density at radius 3 is 2.37 bits per heavy atom. The number of fused-ring (bicyclic) bond motifs is 4. The third-order valence-electron chi connectivity index (χ3n) is 9.38. The molecule has 7 heteroatoms. The molecule has 5 rings (SSSR count). The van der Waals surface area contributed by atoms with Gasteiger partial charge < -0.3 is 23.7 Å². The van der Waals surface area contributed by atoms with Crippen LogP contribution >= 0.6 is 0 Å². The van der Waals surface area contributed by atoms with Crippen LogP contribution in [0.1, 0.15) is 58.9 Å². The molecule has 1 aromatic heterocycles. The molecule has 0 saturated heterocycles. The Hall–Kier alpha value is -2.80. The molecule has 4 atom stereocenters. The molecule has 2 aliphatic carbocycles. The molecular weight excluding hydrogens is 448 g/mol. The smallest absolute Gasteiger partial charge is 0.343 e. The maximum Gasteiger partial charge on any atom is 0.343 e. The number of ketones is 1. The number of hydrogen-bond acceptors (Lipinski definition) is 7. The number of hydrogen-bond donors (Lipinski definition) is 1. The number of Topliss-reactive ketones (excluding diaryl/α,β-unsaturated/α-hetero) is 1. The maximum absolute atomic E-state index is 13.4. The minimum atomic E-state index is -1.17. The van der Waals surface area contributed by atoms with Crippen molar-refractivity contribution in [3.63, 3.8) is 0 Å². The van der Waals surface area contributed by atoms with Gasteiger partial charge in [0, 0.05) is 24.0 Å². The first-order valence-corrected chi connectivity index (χ1v) is 12.2. The molecule has 1 aliphatic heterocycles. The van der Waals surface area contributed by atoms with E-state index in [1.54, 1.807) is 38.5 Å². The molecule has 3 aliphatic rings. The molecule has 0 amide bonds. The summed E-state index contributed by atoms with van der Waals surface area (Å²) in [6.45, 7) is 7.97. The van der Waals surface area contributed by atoms with Gasteiger partial charge in [-0.25, -0.2) is 4.79 Å². The Kier molecular flexibility index (Phi) is 5.19. The van der Waals surface area contributed by atoms with Crippen LogP contribution in [0, 0.1) is 16.7 Å². The molecule has 1 unspecified atom stereocenters. The van der Waals surface area contributed by atoms with Gasteiger partial charge in [-0.1, -0.05) is 13.8 Å². The van der Waals surface area contributed by atoms with Crippen molar-refractivity contribution in [3.8, 4) is 28.6 Å². The Labute approximate surface area is 205 Å². The maximum atomic E-state index is 13.4. The molecule has 2 fully saturated rings. The van der Waals surface area contributed by atoms with E-state index in [-0.39, 0.29) is 11.7 Å². The lowest BCUT2D eigenvalue weighted by Crippen LogP contribution is -2.73. The lowest BCUT2D eigenvalue weighted by atomic mass is 9.41. The van der Waals surface area contributed by atoms with Gasteiger partial charge in [0.15, 0.2) is 11.5 Å². The van der Waals surface area contributed by atoms with E-state index in [1.165, 1.54) is 0 Å². The molecule has 7 nitrogen and oxygen atoms in total. The van der Waals surface area contributed by atoms with Crippen LogP contribution in [-0.2, 0) is 11.2 Å². The molecule has 35 heavy (non-hydrogen) atoms. The van der Waals surface area contributed by atoms with Gasteiger partial charge in [0.25, 0.3) is 0 Å². The summed E-state index contributed by atoms with van der Waals surface area (Å²) in [5, 5.41) is 12.0. The summed E-state index contributed by atoms with van der Waals surface area (Å²) in [6, 6.07) is 7.05. The van der Waals surface area contributed by atoms with Crippen molar-refractivity contribution in [2.45, 2.75) is 71.0 Å². The molecule has 2 heterocycles. The van der Waals surface area contributed by atoms with Crippen molar-refractivity contribution in [1.82, 2.24) is 0 Å². The van der Waals surface area contributed by atoms with Crippen LogP contribution in [0.25, 0.3) is 11.3 Å². The van der Waals surface area contributed by atoms with Crippen LogP contribution in [0.5, 0.6) is 17.2 Å². The van der Waals surface area contributed by atoms with Crippen molar-refractivity contribution in [2.24, 2.45) is 16.7 Å². The van der Waals surface area contributed by atoms with Crippen molar-refractivity contribution in [2.75, 3.05) is 14.2 Å². The highest BCUT2D eigenvalue weighted by Gasteiger charge is 2.71. The summed E-state index contributed by atoms with van der Waals surface area (Å²) < 4.78 is 23.0. The van der Waals surface area contributed by atoms with Crippen LogP contribution in [0.15, 0.2) is 33.5 Å². The van der Waals surface area contributed by atoms with E-state index in [9.17, 15) is 14.7 Å². The molecule has 2 saturated carbocycles. The van der Waals surface area contributed by atoms with E-state index in [0.29, 0.717) is 66.2 Å². The molecule has 188 valence electrons. The Morgan fingerprint density at radius 1 is 0.971 bits per heavy atom. The van der Waals surface area contributed by atoms with E-state index in [2.05, 4.69) is 0 Å². The third-order valence-corrected chi connectivity index (χ3v) is 9.38. The number of rotatable bonds is 3. The second-order valence-electron chi connectivity index (χ2n) is 11.4. The average molecular weight is 483 g/mol. The van der Waals surface area contributed by atoms with E-state index >= 15 is 0 Å². The minimum absolute atomic E-state index is 0.0497. The molecule has 1 N–H and O–H groups in total. The minimum Gasteiger partial charge on any atom is -0.493 e. The quantitative estimate of drug-likeness (QED) is 0.685. The second-order valence-corrected chi connectivity index (χ2v) is 11.4.